The molecule has 0 aromatic rings. The van der Waals surface area contributed by atoms with E-state index in [0.717, 1.165) is 19.3 Å². The molecule has 2 heteroatoms. The van der Waals surface area contributed by atoms with Crippen molar-refractivity contribution in [3.8, 4) is 0 Å². The summed E-state index contributed by atoms with van der Waals surface area (Å²) >= 11 is 0. The summed E-state index contributed by atoms with van der Waals surface area (Å²) in [5.74, 6) is -0.782. The Morgan fingerprint density at radius 2 is 1.12 bits per heavy atom. The Morgan fingerprint density at radius 1 is 0.812 bits per heavy atom. The standard InChI is InChI=1S/C14H22O2/c1-11-4-12(2)6-13(3,5-11)9-14(7-11,8-12)10(15)16/h4-9H2,1-3H3,(H,15,16)/p-1. The maximum absolute atomic E-state index is 11.6. The first-order valence-corrected chi connectivity index (χ1v) is 6.40. The Morgan fingerprint density at radius 3 is 1.38 bits per heavy atom. The molecule has 0 radical (unpaired) electrons. The van der Waals surface area contributed by atoms with Crippen molar-refractivity contribution in [3.63, 3.8) is 0 Å². The first-order chi connectivity index (χ1) is 7.19. The predicted octanol–water partition coefficient (Wildman–Crippen LogP) is 2.12. The van der Waals surface area contributed by atoms with Crippen molar-refractivity contribution in [1.82, 2.24) is 0 Å². The lowest BCUT2D eigenvalue weighted by Gasteiger charge is -2.69. The number of aliphatic carboxylic acids is 1. The van der Waals surface area contributed by atoms with Gasteiger partial charge in [0, 0.05) is 11.4 Å². The van der Waals surface area contributed by atoms with E-state index >= 15 is 0 Å². The summed E-state index contributed by atoms with van der Waals surface area (Å²) in [5.41, 5.74) is 0.238. The monoisotopic (exact) mass is 221 g/mol. The summed E-state index contributed by atoms with van der Waals surface area (Å²) in [6, 6.07) is 0. The highest BCUT2D eigenvalue weighted by molar-refractivity contribution is 5.73. The van der Waals surface area contributed by atoms with Crippen molar-refractivity contribution in [1.29, 1.82) is 0 Å². The molecule has 4 saturated carbocycles. The highest BCUT2D eigenvalue weighted by Crippen LogP contribution is 2.73. The number of hydrogen-bond donors (Lipinski definition) is 0. The van der Waals surface area contributed by atoms with Gasteiger partial charge in [-0.15, -0.1) is 0 Å². The minimum absolute atomic E-state index is 0.248. The van der Waals surface area contributed by atoms with Gasteiger partial charge in [-0.2, -0.15) is 0 Å². The van der Waals surface area contributed by atoms with Crippen LogP contribution in [-0.4, -0.2) is 5.97 Å². The van der Waals surface area contributed by atoms with Crippen LogP contribution in [0, 0.1) is 21.7 Å². The van der Waals surface area contributed by atoms with E-state index in [1.54, 1.807) is 0 Å². The Hall–Kier alpha value is -0.530. The topological polar surface area (TPSA) is 40.1 Å². The Kier molecular flexibility index (Phi) is 1.65. The van der Waals surface area contributed by atoms with E-state index in [1.165, 1.54) is 19.3 Å². The zero-order chi connectivity index (χ0) is 11.8. The van der Waals surface area contributed by atoms with E-state index in [1.807, 2.05) is 0 Å². The molecule has 0 spiro atoms. The lowest BCUT2D eigenvalue weighted by molar-refractivity contribution is -0.335. The summed E-state index contributed by atoms with van der Waals surface area (Å²) in [6.07, 6.45) is 6.20. The number of hydrogen-bond acceptors (Lipinski definition) is 2. The zero-order valence-electron chi connectivity index (χ0n) is 10.6. The molecule has 0 amide bonds. The molecule has 4 aliphatic carbocycles. The summed E-state index contributed by atoms with van der Waals surface area (Å²) in [7, 11) is 0. The van der Waals surface area contributed by atoms with Gasteiger partial charge in [-0.25, -0.2) is 0 Å². The fraction of sp³-hybridized carbons (Fsp3) is 0.929. The van der Waals surface area contributed by atoms with Gasteiger partial charge in [-0.1, -0.05) is 20.8 Å². The third-order valence-electron chi connectivity index (χ3n) is 5.29. The lowest BCUT2D eigenvalue weighted by Crippen LogP contribution is -2.63. The third kappa shape index (κ3) is 1.22. The molecule has 90 valence electrons. The highest BCUT2D eigenvalue weighted by Gasteiger charge is 2.64. The van der Waals surface area contributed by atoms with Crippen LogP contribution in [0.5, 0.6) is 0 Å². The van der Waals surface area contributed by atoms with Crippen molar-refractivity contribution in [2.45, 2.75) is 59.3 Å². The van der Waals surface area contributed by atoms with E-state index in [0.29, 0.717) is 0 Å². The van der Waals surface area contributed by atoms with Crippen molar-refractivity contribution in [2.75, 3.05) is 0 Å². The Bertz CT molecular complexity index is 317. The smallest absolute Gasteiger partial charge is 0.0476 e. The van der Waals surface area contributed by atoms with Crippen LogP contribution in [0.2, 0.25) is 0 Å². The summed E-state index contributed by atoms with van der Waals surface area (Å²) in [6.45, 7) is 6.87. The molecule has 0 unspecified atom stereocenters. The second-order valence-corrected chi connectivity index (χ2v) is 8.06. The van der Waals surface area contributed by atoms with Crippen LogP contribution >= 0.6 is 0 Å². The van der Waals surface area contributed by atoms with E-state index in [2.05, 4.69) is 20.8 Å². The van der Waals surface area contributed by atoms with Gasteiger partial charge in [0.25, 0.3) is 0 Å². The largest absolute Gasteiger partial charge is 0.550 e. The fourth-order valence-electron chi connectivity index (χ4n) is 6.51. The quantitative estimate of drug-likeness (QED) is 0.680. The van der Waals surface area contributed by atoms with Crippen LogP contribution in [-0.2, 0) is 4.79 Å². The summed E-state index contributed by atoms with van der Waals surface area (Å²) in [5, 5.41) is 11.6. The summed E-state index contributed by atoms with van der Waals surface area (Å²) < 4.78 is 0. The maximum Gasteiger partial charge on any atom is 0.0476 e. The molecule has 0 atom stereocenters. The molecule has 4 aliphatic rings. The minimum atomic E-state index is -0.782. The van der Waals surface area contributed by atoms with Gasteiger partial charge in [0.05, 0.1) is 0 Å². The Balaban J connectivity index is 2.11. The van der Waals surface area contributed by atoms with E-state index in [-0.39, 0.29) is 16.2 Å². The van der Waals surface area contributed by atoms with Crippen LogP contribution in [0.3, 0.4) is 0 Å². The molecular weight excluding hydrogens is 200 g/mol. The fourth-order valence-corrected chi connectivity index (χ4v) is 6.51. The van der Waals surface area contributed by atoms with E-state index < -0.39 is 11.4 Å². The van der Waals surface area contributed by atoms with Crippen molar-refractivity contribution >= 4 is 5.97 Å². The average molecular weight is 221 g/mol. The predicted molar refractivity (Wildman–Crippen MR) is 59.5 cm³/mol. The van der Waals surface area contributed by atoms with Crippen molar-refractivity contribution in [3.05, 3.63) is 0 Å². The third-order valence-corrected chi connectivity index (χ3v) is 5.29. The Labute approximate surface area is 97.4 Å². The van der Waals surface area contributed by atoms with Crippen LogP contribution in [0.1, 0.15) is 59.3 Å². The SMILES string of the molecule is CC12CC3(C)CC(C)(C1)CC(C(=O)[O-])(C2)C3. The average Bonchev–Trinajstić information content (AvgIpc) is 1.92. The molecule has 0 heterocycles. The van der Waals surface area contributed by atoms with Gasteiger partial charge in [0.15, 0.2) is 0 Å². The molecule has 0 N–H and O–H groups in total. The zero-order valence-corrected chi connectivity index (χ0v) is 10.6. The number of rotatable bonds is 1. The highest BCUT2D eigenvalue weighted by atomic mass is 16.4. The van der Waals surface area contributed by atoms with Crippen molar-refractivity contribution in [2.24, 2.45) is 21.7 Å². The van der Waals surface area contributed by atoms with Gasteiger partial charge < -0.3 is 9.90 Å². The van der Waals surface area contributed by atoms with Gasteiger partial charge in [-0.3, -0.25) is 0 Å². The molecule has 4 fully saturated rings. The molecule has 16 heavy (non-hydrogen) atoms. The minimum Gasteiger partial charge on any atom is -0.550 e. The molecule has 4 bridgehead atoms. The van der Waals surface area contributed by atoms with Gasteiger partial charge >= 0.3 is 0 Å². The number of carbonyl (C=O) groups excluding carboxylic acids is 1. The molecule has 0 aromatic carbocycles. The normalized spacial score (nSPS) is 58.9. The van der Waals surface area contributed by atoms with Crippen LogP contribution in [0.25, 0.3) is 0 Å². The second kappa shape index (κ2) is 2.49. The van der Waals surface area contributed by atoms with Gasteiger partial charge in [0.2, 0.25) is 0 Å². The first kappa shape index (κ1) is 10.6. The van der Waals surface area contributed by atoms with Crippen LogP contribution < -0.4 is 5.11 Å². The van der Waals surface area contributed by atoms with E-state index in [9.17, 15) is 9.90 Å². The lowest BCUT2D eigenvalue weighted by atomic mass is 9.36. The first-order valence-electron chi connectivity index (χ1n) is 6.40. The molecule has 2 nitrogen and oxygen atoms in total. The summed E-state index contributed by atoms with van der Waals surface area (Å²) in [4.78, 5) is 11.6. The number of carboxylic acids is 1. The molecule has 4 rings (SSSR count). The second-order valence-electron chi connectivity index (χ2n) is 8.06. The van der Waals surface area contributed by atoms with Gasteiger partial charge in [0.1, 0.15) is 0 Å². The van der Waals surface area contributed by atoms with Crippen molar-refractivity contribution < 1.29 is 9.90 Å². The number of carboxylic acid groups (broad SMARTS) is 1. The van der Waals surface area contributed by atoms with Gasteiger partial charge in [-0.05, 0) is 54.8 Å². The molecule has 0 saturated heterocycles. The van der Waals surface area contributed by atoms with Crippen LogP contribution in [0.15, 0.2) is 0 Å². The van der Waals surface area contributed by atoms with E-state index in [4.69, 9.17) is 0 Å². The molecular formula is C14H21O2-. The number of carbonyl (C=O) groups is 1. The van der Waals surface area contributed by atoms with Crippen LogP contribution in [0.4, 0.5) is 0 Å². The maximum atomic E-state index is 11.6. The molecule has 0 aliphatic heterocycles. The molecule has 0 aromatic heterocycles.